The van der Waals surface area contributed by atoms with Crippen LogP contribution in [0.1, 0.15) is 54.4 Å². The first-order valence-electron chi connectivity index (χ1n) is 12.9. The van der Waals surface area contributed by atoms with E-state index < -0.39 is 17.6 Å². The van der Waals surface area contributed by atoms with Gasteiger partial charge in [-0.25, -0.2) is 0 Å². The minimum Gasteiger partial charge on any atom is -0.489 e. The van der Waals surface area contributed by atoms with Gasteiger partial charge in [0.2, 0.25) is 5.91 Å². The lowest BCUT2D eigenvalue weighted by molar-refractivity contribution is -0.137. The number of carbonyl (C=O) groups excluding carboxylic acids is 2. The van der Waals surface area contributed by atoms with Crippen molar-refractivity contribution in [2.45, 2.75) is 68.9 Å². The summed E-state index contributed by atoms with van der Waals surface area (Å²) in [5.41, 5.74) is -1.00. The first-order valence-corrected chi connectivity index (χ1v) is 12.9. The van der Waals surface area contributed by atoms with Crippen molar-refractivity contribution in [3.63, 3.8) is 0 Å². The van der Waals surface area contributed by atoms with E-state index in [1.54, 1.807) is 12.4 Å². The van der Waals surface area contributed by atoms with Crippen molar-refractivity contribution in [2.75, 3.05) is 19.6 Å². The highest BCUT2D eigenvalue weighted by Gasteiger charge is 2.46. The molecule has 1 N–H and O–H groups in total. The molecule has 1 aliphatic carbocycles. The van der Waals surface area contributed by atoms with Crippen LogP contribution in [0.15, 0.2) is 48.8 Å². The van der Waals surface area contributed by atoms with Crippen LogP contribution in [0.5, 0.6) is 5.75 Å². The Morgan fingerprint density at radius 1 is 1.00 bits per heavy atom. The summed E-state index contributed by atoms with van der Waals surface area (Å²) in [7, 11) is 0. The van der Waals surface area contributed by atoms with Gasteiger partial charge in [-0.15, -0.1) is 0 Å². The summed E-state index contributed by atoms with van der Waals surface area (Å²) in [5.74, 6) is -0.0750. The third-order valence-corrected chi connectivity index (χ3v) is 7.84. The molecule has 10 heteroatoms. The molecule has 2 saturated heterocycles. The Labute approximate surface area is 214 Å². The second-order valence-corrected chi connectivity index (χ2v) is 10.0. The molecule has 5 rings (SSSR count). The van der Waals surface area contributed by atoms with Gasteiger partial charge in [0.25, 0.3) is 5.91 Å². The molecule has 0 bridgehead atoms. The highest BCUT2D eigenvalue weighted by molar-refractivity contribution is 5.96. The third-order valence-electron chi connectivity index (χ3n) is 7.84. The van der Waals surface area contributed by atoms with Crippen LogP contribution in [-0.2, 0) is 11.0 Å². The quantitative estimate of drug-likeness (QED) is 0.631. The molecule has 3 heterocycles. The molecule has 0 radical (unpaired) electrons. The van der Waals surface area contributed by atoms with Gasteiger partial charge in [0.05, 0.1) is 24.4 Å². The predicted octanol–water partition coefficient (Wildman–Crippen LogP) is 3.90. The van der Waals surface area contributed by atoms with Gasteiger partial charge >= 0.3 is 6.18 Å². The van der Waals surface area contributed by atoms with Crippen molar-refractivity contribution in [1.82, 2.24) is 20.1 Å². The number of hydrogen-bond donors (Lipinski definition) is 1. The first kappa shape index (κ1) is 25.5. The topological polar surface area (TPSA) is 74.8 Å². The number of aromatic nitrogens is 1. The van der Waals surface area contributed by atoms with Gasteiger partial charge in [-0.3, -0.25) is 19.5 Å². The summed E-state index contributed by atoms with van der Waals surface area (Å²) in [4.78, 5) is 33.8. The molecule has 2 aromatic rings. The fourth-order valence-electron chi connectivity index (χ4n) is 6.08. The number of likely N-dealkylation sites (tertiary alicyclic amines) is 2. The first-order chi connectivity index (χ1) is 17.8. The van der Waals surface area contributed by atoms with E-state index >= 15 is 0 Å². The van der Waals surface area contributed by atoms with Crippen LogP contribution in [-0.4, -0.2) is 70.5 Å². The molecule has 3 aliphatic rings. The van der Waals surface area contributed by atoms with Crippen LogP contribution in [0.2, 0.25) is 0 Å². The zero-order chi connectivity index (χ0) is 26.0. The standard InChI is InChI=1S/C27H31F3N4O3/c28-27(29,30)19-4-1-3-18(15-19)26(36)32-17-25(35)34-14-11-23-24(34)10-13-33(23)20-6-8-21(9-7-20)37-22-5-2-12-31-16-22/h1-5,12,15-16,20-21,23-24H,6-11,13-14,17H2,(H,32,36). The average molecular weight is 517 g/mol. The lowest BCUT2D eigenvalue weighted by Gasteiger charge is -2.37. The highest BCUT2D eigenvalue weighted by atomic mass is 19.4. The number of halogens is 3. The van der Waals surface area contributed by atoms with Gasteiger partial charge in [0, 0.05) is 43.0 Å². The fourth-order valence-corrected chi connectivity index (χ4v) is 6.08. The Morgan fingerprint density at radius 3 is 2.51 bits per heavy atom. The predicted molar refractivity (Wildman–Crippen MR) is 130 cm³/mol. The van der Waals surface area contributed by atoms with Crippen molar-refractivity contribution in [1.29, 1.82) is 0 Å². The van der Waals surface area contributed by atoms with Crippen LogP contribution >= 0.6 is 0 Å². The number of ether oxygens (including phenoxy) is 1. The van der Waals surface area contributed by atoms with Gasteiger partial charge in [0.1, 0.15) is 5.75 Å². The molecule has 2 atom stereocenters. The van der Waals surface area contributed by atoms with Crippen molar-refractivity contribution < 1.29 is 27.5 Å². The molecule has 3 fully saturated rings. The molecule has 7 nitrogen and oxygen atoms in total. The van der Waals surface area contributed by atoms with Gasteiger partial charge in [-0.1, -0.05) is 6.07 Å². The molecule has 2 amide bonds. The average Bonchev–Trinajstić information content (AvgIpc) is 3.50. The van der Waals surface area contributed by atoms with Crippen molar-refractivity contribution in [2.24, 2.45) is 0 Å². The Kier molecular flexibility index (Phi) is 7.37. The smallest absolute Gasteiger partial charge is 0.416 e. The van der Waals surface area contributed by atoms with Crippen LogP contribution in [0.4, 0.5) is 13.2 Å². The molecule has 1 aromatic carbocycles. The summed E-state index contributed by atoms with van der Waals surface area (Å²) >= 11 is 0. The monoisotopic (exact) mass is 516 g/mol. The number of benzene rings is 1. The van der Waals surface area contributed by atoms with E-state index in [0.29, 0.717) is 18.6 Å². The number of fused-ring (bicyclic) bond motifs is 1. The molecule has 1 saturated carbocycles. The molecule has 198 valence electrons. The summed E-state index contributed by atoms with van der Waals surface area (Å²) in [6, 6.07) is 8.91. The summed E-state index contributed by atoms with van der Waals surface area (Å²) in [6.45, 7) is 1.34. The number of rotatable bonds is 6. The lowest BCUT2D eigenvalue weighted by atomic mass is 9.91. The third kappa shape index (κ3) is 5.74. The van der Waals surface area contributed by atoms with Crippen LogP contribution in [0.3, 0.4) is 0 Å². The van der Waals surface area contributed by atoms with Gasteiger partial charge in [0.15, 0.2) is 0 Å². The van der Waals surface area contributed by atoms with Crippen LogP contribution in [0, 0.1) is 0 Å². The molecule has 0 spiro atoms. The van der Waals surface area contributed by atoms with E-state index in [4.69, 9.17) is 4.74 Å². The number of nitrogens with zero attached hydrogens (tertiary/aromatic N) is 3. The maximum absolute atomic E-state index is 12.9. The maximum Gasteiger partial charge on any atom is 0.416 e. The van der Waals surface area contributed by atoms with Gasteiger partial charge < -0.3 is 15.0 Å². The Hall–Kier alpha value is -3.14. The number of nitrogens with one attached hydrogen (secondary N) is 1. The minimum absolute atomic E-state index is 0.113. The second-order valence-electron chi connectivity index (χ2n) is 10.0. The zero-order valence-electron chi connectivity index (χ0n) is 20.5. The highest BCUT2D eigenvalue weighted by Crippen LogP contribution is 2.37. The summed E-state index contributed by atoms with van der Waals surface area (Å²) in [6.07, 6.45) is 4.99. The van der Waals surface area contributed by atoms with Crippen molar-refractivity contribution in [3.8, 4) is 5.75 Å². The summed E-state index contributed by atoms with van der Waals surface area (Å²) in [5, 5.41) is 2.50. The normalized spacial score (nSPS) is 26.1. The SMILES string of the molecule is O=C(NCC(=O)N1CCC2C1CCN2C1CCC(Oc2cccnc2)CC1)c1cccc(C(F)(F)F)c1. The second kappa shape index (κ2) is 10.7. The number of alkyl halides is 3. The molecule has 2 aliphatic heterocycles. The van der Waals surface area contributed by atoms with Crippen LogP contribution < -0.4 is 10.1 Å². The molecular formula is C27H31F3N4O3. The molecule has 1 aromatic heterocycles. The van der Waals surface area contributed by atoms with Crippen molar-refractivity contribution in [3.05, 3.63) is 59.9 Å². The molecule has 2 unspecified atom stereocenters. The van der Waals surface area contributed by atoms with Gasteiger partial charge in [-0.05, 0) is 68.9 Å². The van der Waals surface area contributed by atoms with Crippen LogP contribution in [0.25, 0.3) is 0 Å². The number of carbonyl (C=O) groups is 2. The van der Waals surface area contributed by atoms with E-state index in [-0.39, 0.29) is 30.2 Å². The number of hydrogen-bond acceptors (Lipinski definition) is 5. The van der Waals surface area contributed by atoms with E-state index in [0.717, 1.165) is 63.0 Å². The van der Waals surface area contributed by atoms with Crippen molar-refractivity contribution >= 4 is 11.8 Å². The van der Waals surface area contributed by atoms with E-state index in [9.17, 15) is 22.8 Å². The Balaban J connectivity index is 1.10. The minimum atomic E-state index is -4.53. The molecular weight excluding hydrogens is 485 g/mol. The summed E-state index contributed by atoms with van der Waals surface area (Å²) < 4.78 is 44.9. The van der Waals surface area contributed by atoms with Gasteiger partial charge in [-0.2, -0.15) is 13.2 Å². The Bertz CT molecular complexity index is 1110. The largest absolute Gasteiger partial charge is 0.489 e. The number of amides is 2. The van der Waals surface area contributed by atoms with E-state index in [2.05, 4.69) is 15.2 Å². The maximum atomic E-state index is 12.9. The van der Waals surface area contributed by atoms with E-state index in [1.807, 2.05) is 17.0 Å². The fraction of sp³-hybridized carbons (Fsp3) is 0.519. The lowest BCUT2D eigenvalue weighted by Crippen LogP contribution is -2.46. The zero-order valence-corrected chi connectivity index (χ0v) is 20.5. The Morgan fingerprint density at radius 2 is 1.78 bits per heavy atom. The molecule has 37 heavy (non-hydrogen) atoms. The van der Waals surface area contributed by atoms with E-state index in [1.165, 1.54) is 12.1 Å². The number of pyridine rings is 1.